The fourth-order valence-electron chi connectivity index (χ4n) is 1.27. The number of amides is 1. The molecule has 0 aromatic carbocycles. The molecule has 0 saturated carbocycles. The molecule has 1 N–H and O–H groups in total. The highest BCUT2D eigenvalue weighted by molar-refractivity contribution is 5.67. The molecule has 1 amide bonds. The Labute approximate surface area is 128 Å². The molecule has 0 bridgehead atoms. The molecule has 0 aromatic rings. The van der Waals surface area contributed by atoms with Crippen molar-refractivity contribution < 1.29 is 23.7 Å². The van der Waals surface area contributed by atoms with E-state index in [1.165, 1.54) is 0 Å². The van der Waals surface area contributed by atoms with E-state index in [9.17, 15) is 4.79 Å². The SMILES string of the molecule is CC(C)(C)OCCOCCOCCNC(=O)OC(C)(C)C. The smallest absolute Gasteiger partial charge is 0.407 e. The minimum absolute atomic E-state index is 0.132. The van der Waals surface area contributed by atoms with Gasteiger partial charge in [0, 0.05) is 6.54 Å². The summed E-state index contributed by atoms with van der Waals surface area (Å²) in [6, 6.07) is 0. The second-order valence-electron chi connectivity index (χ2n) is 6.61. The maximum absolute atomic E-state index is 11.3. The lowest BCUT2D eigenvalue weighted by Gasteiger charge is -2.19. The van der Waals surface area contributed by atoms with Crippen molar-refractivity contribution in [3.63, 3.8) is 0 Å². The van der Waals surface area contributed by atoms with E-state index >= 15 is 0 Å². The van der Waals surface area contributed by atoms with E-state index in [1.807, 2.05) is 41.5 Å². The van der Waals surface area contributed by atoms with Gasteiger partial charge in [0.2, 0.25) is 0 Å². The molecule has 0 unspecified atom stereocenters. The first-order chi connectivity index (χ1) is 9.60. The Bertz CT molecular complexity index is 281. The van der Waals surface area contributed by atoms with Crippen LogP contribution < -0.4 is 5.32 Å². The third kappa shape index (κ3) is 17.1. The van der Waals surface area contributed by atoms with Crippen LogP contribution in [0.25, 0.3) is 0 Å². The van der Waals surface area contributed by atoms with Crippen LogP contribution in [-0.2, 0) is 18.9 Å². The average Bonchev–Trinajstić information content (AvgIpc) is 2.27. The van der Waals surface area contributed by atoms with Gasteiger partial charge >= 0.3 is 6.09 Å². The highest BCUT2D eigenvalue weighted by atomic mass is 16.6. The standard InChI is InChI=1S/C15H31NO5/c1-14(2,3)20-12-11-19-10-9-18-8-7-16-13(17)21-15(4,5)6/h7-12H2,1-6H3,(H,16,17). The Morgan fingerprint density at radius 3 is 1.86 bits per heavy atom. The summed E-state index contributed by atoms with van der Waals surface area (Å²) >= 11 is 0. The zero-order valence-electron chi connectivity index (χ0n) is 14.3. The lowest BCUT2D eigenvalue weighted by Crippen LogP contribution is -2.34. The molecule has 0 fully saturated rings. The highest BCUT2D eigenvalue weighted by Gasteiger charge is 2.15. The van der Waals surface area contributed by atoms with E-state index in [4.69, 9.17) is 18.9 Å². The summed E-state index contributed by atoms with van der Waals surface area (Å²) in [5.41, 5.74) is -0.610. The molecule has 6 nitrogen and oxygen atoms in total. The van der Waals surface area contributed by atoms with E-state index in [0.717, 1.165) is 0 Å². The van der Waals surface area contributed by atoms with E-state index in [0.29, 0.717) is 39.6 Å². The quantitative estimate of drug-likeness (QED) is 0.662. The van der Waals surface area contributed by atoms with Crippen molar-refractivity contribution in [2.45, 2.75) is 52.7 Å². The first-order valence-corrected chi connectivity index (χ1v) is 7.36. The van der Waals surface area contributed by atoms with E-state index in [-0.39, 0.29) is 5.60 Å². The molecule has 0 aliphatic carbocycles. The number of rotatable bonds is 9. The van der Waals surface area contributed by atoms with Crippen LogP contribution >= 0.6 is 0 Å². The summed E-state index contributed by atoms with van der Waals surface area (Å²) in [7, 11) is 0. The van der Waals surface area contributed by atoms with Crippen molar-refractivity contribution >= 4 is 6.09 Å². The molecule has 0 spiro atoms. The van der Waals surface area contributed by atoms with Gasteiger partial charge in [-0.15, -0.1) is 0 Å². The molecule has 0 aliphatic heterocycles. The molecule has 0 radical (unpaired) electrons. The molecular weight excluding hydrogens is 274 g/mol. The van der Waals surface area contributed by atoms with Crippen LogP contribution in [0.1, 0.15) is 41.5 Å². The van der Waals surface area contributed by atoms with Crippen LogP contribution in [0.15, 0.2) is 0 Å². The first kappa shape index (κ1) is 20.1. The molecule has 0 heterocycles. The topological polar surface area (TPSA) is 66.0 Å². The number of carbonyl (C=O) groups is 1. The summed E-state index contributed by atoms with van der Waals surface area (Å²) < 4.78 is 21.3. The lowest BCUT2D eigenvalue weighted by molar-refractivity contribution is -0.0423. The van der Waals surface area contributed by atoms with Crippen molar-refractivity contribution in [2.75, 3.05) is 39.6 Å². The summed E-state index contributed by atoms with van der Waals surface area (Å²) in [6.45, 7) is 14.5. The second-order valence-corrected chi connectivity index (χ2v) is 6.61. The Morgan fingerprint density at radius 2 is 1.33 bits per heavy atom. The number of carbonyl (C=O) groups excluding carboxylic acids is 1. The van der Waals surface area contributed by atoms with Gasteiger partial charge in [0.25, 0.3) is 0 Å². The van der Waals surface area contributed by atoms with Crippen molar-refractivity contribution in [1.82, 2.24) is 5.32 Å². The van der Waals surface area contributed by atoms with Gasteiger partial charge in [0.1, 0.15) is 5.60 Å². The van der Waals surface area contributed by atoms with Crippen LogP contribution in [0.5, 0.6) is 0 Å². The summed E-state index contributed by atoms with van der Waals surface area (Å²) in [6.07, 6.45) is -0.429. The number of hydrogen-bond donors (Lipinski definition) is 1. The summed E-state index contributed by atoms with van der Waals surface area (Å²) in [5.74, 6) is 0. The molecule has 0 atom stereocenters. The minimum Gasteiger partial charge on any atom is -0.444 e. The molecule has 0 rings (SSSR count). The van der Waals surface area contributed by atoms with Gasteiger partial charge in [-0.1, -0.05) is 0 Å². The fraction of sp³-hybridized carbons (Fsp3) is 0.933. The summed E-state index contributed by atoms with van der Waals surface area (Å²) in [4.78, 5) is 11.3. The van der Waals surface area contributed by atoms with Crippen LogP contribution in [0.2, 0.25) is 0 Å². The molecule has 0 aliphatic rings. The van der Waals surface area contributed by atoms with Crippen LogP contribution in [0.4, 0.5) is 4.79 Å². The Kier molecular flexibility index (Phi) is 9.57. The maximum atomic E-state index is 11.3. The average molecular weight is 305 g/mol. The van der Waals surface area contributed by atoms with E-state index in [2.05, 4.69) is 5.32 Å². The van der Waals surface area contributed by atoms with Gasteiger partial charge in [-0.2, -0.15) is 0 Å². The minimum atomic E-state index is -0.478. The van der Waals surface area contributed by atoms with Gasteiger partial charge in [0.05, 0.1) is 38.6 Å². The number of alkyl carbamates (subject to hydrolysis) is 1. The fourth-order valence-corrected chi connectivity index (χ4v) is 1.27. The molecule has 21 heavy (non-hydrogen) atoms. The maximum Gasteiger partial charge on any atom is 0.407 e. The Hall–Kier alpha value is -0.850. The predicted octanol–water partition coefficient (Wildman–Crippen LogP) is 2.36. The third-order valence-electron chi connectivity index (χ3n) is 2.05. The lowest BCUT2D eigenvalue weighted by atomic mass is 10.2. The number of ether oxygens (including phenoxy) is 4. The number of hydrogen-bond acceptors (Lipinski definition) is 5. The van der Waals surface area contributed by atoms with Crippen molar-refractivity contribution in [3.8, 4) is 0 Å². The van der Waals surface area contributed by atoms with Crippen LogP contribution in [0.3, 0.4) is 0 Å². The zero-order chi connectivity index (χ0) is 16.4. The largest absolute Gasteiger partial charge is 0.444 e. The molecule has 0 saturated heterocycles. The van der Waals surface area contributed by atoms with Crippen LogP contribution in [0, 0.1) is 0 Å². The van der Waals surface area contributed by atoms with Gasteiger partial charge < -0.3 is 24.3 Å². The zero-order valence-corrected chi connectivity index (χ0v) is 14.3. The Balaban J connectivity index is 3.28. The van der Waals surface area contributed by atoms with Crippen molar-refractivity contribution in [1.29, 1.82) is 0 Å². The number of nitrogens with one attached hydrogen (secondary N) is 1. The van der Waals surface area contributed by atoms with Gasteiger partial charge in [0.15, 0.2) is 0 Å². The first-order valence-electron chi connectivity index (χ1n) is 7.36. The molecule has 0 aromatic heterocycles. The van der Waals surface area contributed by atoms with Gasteiger partial charge in [-0.05, 0) is 41.5 Å². The molecule has 126 valence electrons. The van der Waals surface area contributed by atoms with E-state index in [1.54, 1.807) is 0 Å². The third-order valence-corrected chi connectivity index (χ3v) is 2.05. The molecule has 6 heteroatoms. The summed E-state index contributed by atoms with van der Waals surface area (Å²) in [5, 5.41) is 2.62. The van der Waals surface area contributed by atoms with Crippen molar-refractivity contribution in [2.24, 2.45) is 0 Å². The normalized spacial score (nSPS) is 12.3. The monoisotopic (exact) mass is 305 g/mol. The molecular formula is C15H31NO5. The predicted molar refractivity (Wildman–Crippen MR) is 81.6 cm³/mol. The van der Waals surface area contributed by atoms with Gasteiger partial charge in [-0.3, -0.25) is 0 Å². The van der Waals surface area contributed by atoms with Crippen molar-refractivity contribution in [3.05, 3.63) is 0 Å². The van der Waals surface area contributed by atoms with Crippen LogP contribution in [-0.4, -0.2) is 56.9 Å². The highest BCUT2D eigenvalue weighted by Crippen LogP contribution is 2.06. The second kappa shape index (κ2) is 9.97. The van der Waals surface area contributed by atoms with Gasteiger partial charge in [-0.25, -0.2) is 4.79 Å². The van der Waals surface area contributed by atoms with E-state index < -0.39 is 11.7 Å². The Morgan fingerprint density at radius 1 is 0.810 bits per heavy atom.